The molecule has 0 spiro atoms. The zero-order valence-corrected chi connectivity index (χ0v) is 12.6. The van der Waals surface area contributed by atoms with Gasteiger partial charge in [-0.25, -0.2) is 0 Å². The van der Waals surface area contributed by atoms with Gasteiger partial charge in [-0.1, -0.05) is 50.3 Å². The number of carbonyl (C=O) groups is 1. The van der Waals surface area contributed by atoms with Crippen molar-refractivity contribution in [2.24, 2.45) is 11.8 Å². The van der Waals surface area contributed by atoms with Gasteiger partial charge >= 0.3 is 0 Å². The van der Waals surface area contributed by atoms with Gasteiger partial charge in [0, 0.05) is 19.0 Å². The van der Waals surface area contributed by atoms with Gasteiger partial charge in [-0.3, -0.25) is 4.79 Å². The molecule has 0 radical (unpaired) electrons. The molecule has 2 nitrogen and oxygen atoms in total. The first-order valence-electron chi connectivity index (χ1n) is 7.30. The maximum absolute atomic E-state index is 11.9. The third kappa shape index (κ3) is 5.46. The van der Waals surface area contributed by atoms with Crippen molar-refractivity contribution in [2.75, 3.05) is 13.1 Å². The normalized spacial score (nSPS) is 17.8. The van der Waals surface area contributed by atoms with E-state index in [-0.39, 0.29) is 5.92 Å². The fraction of sp³-hybridized carbons (Fsp3) is 0.588. The number of nitrogens with zero attached hydrogens (tertiary/aromatic N) is 1. The van der Waals surface area contributed by atoms with Crippen molar-refractivity contribution in [3.05, 3.63) is 36.5 Å². The summed E-state index contributed by atoms with van der Waals surface area (Å²) in [5.74, 6) is 1.10. The highest BCUT2D eigenvalue weighted by Gasteiger charge is 2.24. The Labute approximate surface area is 117 Å². The van der Waals surface area contributed by atoms with Crippen LogP contribution in [0, 0.1) is 11.8 Å². The number of rotatable bonds is 5. The summed E-state index contributed by atoms with van der Waals surface area (Å²) in [6.07, 6.45) is 11.4. The number of hydrogen-bond donors (Lipinski definition) is 0. The summed E-state index contributed by atoms with van der Waals surface area (Å²) in [5.41, 5.74) is 1.19. The van der Waals surface area contributed by atoms with E-state index in [4.69, 9.17) is 0 Å². The Bertz CT molecular complexity index is 357. The zero-order valence-electron chi connectivity index (χ0n) is 12.6. The van der Waals surface area contributed by atoms with E-state index in [0.29, 0.717) is 11.8 Å². The SMILES string of the molecule is C=C(/C=C\C=C/C)CC1CCN(C(=O)C(C)C)CC1. The van der Waals surface area contributed by atoms with E-state index < -0.39 is 0 Å². The molecule has 1 amide bonds. The number of piperidine rings is 1. The van der Waals surface area contributed by atoms with Crippen molar-refractivity contribution >= 4 is 5.91 Å². The average molecular weight is 261 g/mol. The molecule has 1 aliphatic heterocycles. The number of carbonyl (C=O) groups excluding carboxylic acids is 1. The van der Waals surface area contributed by atoms with Crippen LogP contribution >= 0.6 is 0 Å². The summed E-state index contributed by atoms with van der Waals surface area (Å²) in [6.45, 7) is 11.9. The molecular weight excluding hydrogens is 234 g/mol. The smallest absolute Gasteiger partial charge is 0.225 e. The van der Waals surface area contributed by atoms with E-state index in [9.17, 15) is 4.79 Å². The van der Waals surface area contributed by atoms with Crippen molar-refractivity contribution < 1.29 is 4.79 Å². The molecule has 0 unspecified atom stereocenters. The topological polar surface area (TPSA) is 20.3 Å². The van der Waals surface area contributed by atoms with Crippen molar-refractivity contribution in [3.63, 3.8) is 0 Å². The monoisotopic (exact) mass is 261 g/mol. The van der Waals surface area contributed by atoms with Crippen LogP contribution in [-0.4, -0.2) is 23.9 Å². The molecule has 19 heavy (non-hydrogen) atoms. The Morgan fingerprint density at radius 2 is 1.95 bits per heavy atom. The number of hydrogen-bond acceptors (Lipinski definition) is 1. The summed E-state index contributed by atoms with van der Waals surface area (Å²) in [7, 11) is 0. The lowest BCUT2D eigenvalue weighted by Gasteiger charge is -2.33. The van der Waals surface area contributed by atoms with Gasteiger partial charge in [-0.15, -0.1) is 0 Å². The Balaban J connectivity index is 2.34. The van der Waals surface area contributed by atoms with Gasteiger partial charge in [0.2, 0.25) is 5.91 Å². The highest BCUT2D eigenvalue weighted by molar-refractivity contribution is 5.78. The molecule has 1 aliphatic rings. The van der Waals surface area contributed by atoms with E-state index in [1.54, 1.807) is 0 Å². The lowest BCUT2D eigenvalue weighted by molar-refractivity contribution is -0.135. The molecule has 2 heteroatoms. The maximum atomic E-state index is 11.9. The Morgan fingerprint density at radius 1 is 1.32 bits per heavy atom. The Morgan fingerprint density at radius 3 is 2.47 bits per heavy atom. The lowest BCUT2D eigenvalue weighted by Crippen LogP contribution is -2.40. The predicted octanol–water partition coefficient (Wildman–Crippen LogP) is 3.96. The molecule has 0 atom stereocenters. The first-order chi connectivity index (χ1) is 9.04. The second-order valence-corrected chi connectivity index (χ2v) is 5.67. The minimum absolute atomic E-state index is 0.121. The molecule has 0 aromatic carbocycles. The van der Waals surface area contributed by atoms with Crippen LogP contribution in [0.1, 0.15) is 40.0 Å². The van der Waals surface area contributed by atoms with Crippen molar-refractivity contribution in [1.29, 1.82) is 0 Å². The van der Waals surface area contributed by atoms with Gasteiger partial charge < -0.3 is 4.90 Å². The van der Waals surface area contributed by atoms with Gasteiger partial charge in [0.05, 0.1) is 0 Å². The predicted molar refractivity (Wildman–Crippen MR) is 81.9 cm³/mol. The van der Waals surface area contributed by atoms with Crippen molar-refractivity contribution in [3.8, 4) is 0 Å². The molecule has 1 fully saturated rings. The summed E-state index contributed by atoms with van der Waals surface area (Å²) in [4.78, 5) is 13.9. The minimum Gasteiger partial charge on any atom is -0.342 e. The molecule has 0 bridgehead atoms. The molecule has 1 saturated heterocycles. The molecule has 0 N–H and O–H groups in total. The highest BCUT2D eigenvalue weighted by atomic mass is 16.2. The lowest BCUT2D eigenvalue weighted by atomic mass is 9.90. The van der Waals surface area contributed by atoms with Crippen molar-refractivity contribution in [2.45, 2.75) is 40.0 Å². The third-order valence-corrected chi connectivity index (χ3v) is 3.61. The maximum Gasteiger partial charge on any atom is 0.225 e. The molecule has 106 valence electrons. The molecule has 1 heterocycles. The van der Waals surface area contributed by atoms with Crippen molar-refractivity contribution in [1.82, 2.24) is 4.90 Å². The van der Waals surface area contributed by atoms with E-state index in [1.165, 1.54) is 5.57 Å². The largest absolute Gasteiger partial charge is 0.342 e. The van der Waals surface area contributed by atoms with E-state index in [2.05, 4.69) is 12.7 Å². The second-order valence-electron chi connectivity index (χ2n) is 5.67. The van der Waals surface area contributed by atoms with Crippen LogP contribution in [0.2, 0.25) is 0 Å². The molecule has 0 aromatic rings. The van der Waals surface area contributed by atoms with E-state index in [1.807, 2.05) is 43.9 Å². The van der Waals surface area contributed by atoms with Crippen LogP contribution in [0.3, 0.4) is 0 Å². The number of amides is 1. The van der Waals surface area contributed by atoms with Crippen LogP contribution in [0.25, 0.3) is 0 Å². The summed E-state index contributed by atoms with van der Waals surface area (Å²) >= 11 is 0. The zero-order chi connectivity index (χ0) is 14.3. The minimum atomic E-state index is 0.121. The molecule has 1 rings (SSSR count). The summed E-state index contributed by atoms with van der Waals surface area (Å²) < 4.78 is 0. The number of allylic oxidation sites excluding steroid dienone is 5. The standard InChI is InChI=1S/C17H27NO/c1-5-6-7-8-15(4)13-16-9-11-18(12-10-16)17(19)14(2)3/h5-8,14,16H,4,9-13H2,1-3H3/b6-5-,8-7-. The van der Waals surface area contributed by atoms with Gasteiger partial charge in [0.25, 0.3) is 0 Å². The molecule has 0 aliphatic carbocycles. The van der Waals surface area contributed by atoms with Gasteiger partial charge in [0.1, 0.15) is 0 Å². The average Bonchev–Trinajstić information content (AvgIpc) is 2.39. The fourth-order valence-corrected chi connectivity index (χ4v) is 2.46. The second kappa shape index (κ2) is 7.98. The van der Waals surface area contributed by atoms with Gasteiger partial charge in [0.15, 0.2) is 0 Å². The Hall–Kier alpha value is -1.31. The third-order valence-electron chi connectivity index (χ3n) is 3.61. The number of likely N-dealkylation sites (tertiary alicyclic amines) is 1. The van der Waals surface area contributed by atoms with Crippen LogP contribution in [-0.2, 0) is 4.79 Å². The van der Waals surface area contributed by atoms with E-state index in [0.717, 1.165) is 32.4 Å². The van der Waals surface area contributed by atoms with E-state index >= 15 is 0 Å². The summed E-state index contributed by atoms with van der Waals surface area (Å²) in [5, 5.41) is 0. The van der Waals surface area contributed by atoms with Gasteiger partial charge in [-0.2, -0.15) is 0 Å². The van der Waals surface area contributed by atoms with Crippen LogP contribution in [0.5, 0.6) is 0 Å². The first kappa shape index (κ1) is 15.7. The van der Waals surface area contributed by atoms with Gasteiger partial charge in [-0.05, 0) is 32.1 Å². The quantitative estimate of drug-likeness (QED) is 0.686. The molecule has 0 saturated carbocycles. The highest BCUT2D eigenvalue weighted by Crippen LogP contribution is 2.24. The first-order valence-corrected chi connectivity index (χ1v) is 7.30. The van der Waals surface area contributed by atoms with Crippen LogP contribution in [0.4, 0.5) is 0 Å². The van der Waals surface area contributed by atoms with Crippen LogP contribution in [0.15, 0.2) is 36.5 Å². The van der Waals surface area contributed by atoms with Crippen LogP contribution < -0.4 is 0 Å². The fourth-order valence-electron chi connectivity index (χ4n) is 2.46. The molecule has 0 aromatic heterocycles. The Kier molecular flexibility index (Phi) is 6.61. The summed E-state index contributed by atoms with van der Waals surface area (Å²) in [6, 6.07) is 0. The molecular formula is C17H27NO.